The molecule has 120 valence electrons. The zero-order valence-electron chi connectivity index (χ0n) is 12.7. The zero-order valence-corrected chi connectivity index (χ0v) is 12.7. The topological polar surface area (TPSA) is 99.2 Å². The number of carboxylic acids is 1. The number of carbonyl (C=O) groups is 3. The summed E-state index contributed by atoms with van der Waals surface area (Å²) < 4.78 is 4.89. The molecule has 0 spiro atoms. The van der Waals surface area contributed by atoms with Gasteiger partial charge in [-0.05, 0) is 12.8 Å². The normalized spacial score (nSPS) is 16.6. The summed E-state index contributed by atoms with van der Waals surface area (Å²) in [4.78, 5) is 37.7. The van der Waals surface area contributed by atoms with Crippen molar-refractivity contribution in [3.8, 4) is 0 Å². The Bertz CT molecular complexity index is 391. The second-order valence-electron chi connectivity index (χ2n) is 5.18. The lowest BCUT2D eigenvalue weighted by Gasteiger charge is -2.34. The van der Waals surface area contributed by atoms with Crippen LogP contribution in [0.4, 0.5) is 9.59 Å². The summed E-state index contributed by atoms with van der Waals surface area (Å²) in [6.45, 7) is 6.99. The maximum Gasteiger partial charge on any atom is 0.409 e. The number of carbonyl (C=O) groups excluding carboxylic acids is 2. The minimum Gasteiger partial charge on any atom is -0.480 e. The number of nitrogens with one attached hydrogen (secondary N) is 1. The number of ether oxygens (including phenoxy) is 1. The lowest BCUT2D eigenvalue weighted by molar-refractivity contribution is -0.140. The molecule has 8 heteroatoms. The number of hydrogen-bond donors (Lipinski definition) is 2. The van der Waals surface area contributed by atoms with Crippen molar-refractivity contribution in [1.82, 2.24) is 15.1 Å². The lowest BCUT2D eigenvalue weighted by Crippen LogP contribution is -2.56. The number of piperazine rings is 1. The van der Waals surface area contributed by atoms with E-state index in [1.165, 1.54) is 9.80 Å². The molecule has 21 heavy (non-hydrogen) atoms. The van der Waals surface area contributed by atoms with E-state index in [4.69, 9.17) is 9.84 Å². The van der Waals surface area contributed by atoms with Gasteiger partial charge < -0.3 is 25.0 Å². The van der Waals surface area contributed by atoms with Gasteiger partial charge in [0.15, 0.2) is 0 Å². The Hall–Kier alpha value is -1.99. The van der Waals surface area contributed by atoms with Crippen molar-refractivity contribution in [1.29, 1.82) is 0 Å². The summed E-state index contributed by atoms with van der Waals surface area (Å²) in [6, 6.07) is -1.33. The Morgan fingerprint density at radius 1 is 1.14 bits per heavy atom. The van der Waals surface area contributed by atoms with Crippen molar-refractivity contribution >= 4 is 18.1 Å². The van der Waals surface area contributed by atoms with E-state index in [1.54, 1.807) is 20.8 Å². The Balaban J connectivity index is 2.48. The van der Waals surface area contributed by atoms with Crippen LogP contribution in [0, 0.1) is 5.92 Å². The van der Waals surface area contributed by atoms with E-state index in [2.05, 4.69) is 5.32 Å². The van der Waals surface area contributed by atoms with Gasteiger partial charge in [0, 0.05) is 26.2 Å². The molecular formula is C13H23N3O5. The highest BCUT2D eigenvalue weighted by Gasteiger charge is 2.29. The molecule has 1 heterocycles. The molecule has 1 rings (SSSR count). The van der Waals surface area contributed by atoms with Crippen molar-refractivity contribution in [3.63, 3.8) is 0 Å². The Kier molecular flexibility index (Phi) is 6.26. The standard InChI is InChI=1S/C13H23N3O5/c1-4-21-13(20)16-7-5-15(6-8-16)12(19)14-10(9(2)3)11(17)18/h9-10H,4-8H2,1-3H3,(H,14,19)(H,17,18)/t10-/m0/s1. The van der Waals surface area contributed by atoms with Gasteiger partial charge in [0.05, 0.1) is 6.61 Å². The molecule has 1 fully saturated rings. The third kappa shape index (κ3) is 4.80. The smallest absolute Gasteiger partial charge is 0.409 e. The lowest BCUT2D eigenvalue weighted by atomic mass is 10.1. The summed E-state index contributed by atoms with van der Waals surface area (Å²) in [5, 5.41) is 11.6. The molecule has 0 unspecified atom stereocenters. The fourth-order valence-corrected chi connectivity index (χ4v) is 2.04. The van der Waals surface area contributed by atoms with Gasteiger partial charge >= 0.3 is 18.1 Å². The van der Waals surface area contributed by atoms with Crippen LogP contribution >= 0.6 is 0 Å². The number of nitrogens with zero attached hydrogens (tertiary/aromatic N) is 2. The van der Waals surface area contributed by atoms with Gasteiger partial charge in [-0.2, -0.15) is 0 Å². The van der Waals surface area contributed by atoms with E-state index in [9.17, 15) is 14.4 Å². The molecule has 0 radical (unpaired) electrons. The molecule has 1 saturated heterocycles. The average molecular weight is 301 g/mol. The molecule has 0 bridgehead atoms. The fourth-order valence-electron chi connectivity index (χ4n) is 2.04. The first-order valence-corrected chi connectivity index (χ1v) is 7.06. The SMILES string of the molecule is CCOC(=O)N1CCN(C(=O)N[C@H](C(=O)O)C(C)C)CC1. The van der Waals surface area contributed by atoms with Gasteiger partial charge in [0.1, 0.15) is 6.04 Å². The maximum atomic E-state index is 12.0. The van der Waals surface area contributed by atoms with Crippen LogP contribution in [-0.4, -0.2) is 71.8 Å². The van der Waals surface area contributed by atoms with Crippen LogP contribution in [0.25, 0.3) is 0 Å². The van der Waals surface area contributed by atoms with Crippen molar-refractivity contribution in [2.75, 3.05) is 32.8 Å². The molecule has 0 saturated carbocycles. The number of carboxylic acid groups (broad SMARTS) is 1. The van der Waals surface area contributed by atoms with Gasteiger partial charge in [-0.15, -0.1) is 0 Å². The first-order chi connectivity index (χ1) is 9.86. The highest BCUT2D eigenvalue weighted by molar-refractivity contribution is 5.83. The second kappa shape index (κ2) is 7.70. The minimum atomic E-state index is -1.05. The quantitative estimate of drug-likeness (QED) is 0.791. The average Bonchev–Trinajstić information content (AvgIpc) is 2.44. The van der Waals surface area contributed by atoms with Crippen molar-refractivity contribution in [2.24, 2.45) is 5.92 Å². The monoisotopic (exact) mass is 301 g/mol. The van der Waals surface area contributed by atoms with Gasteiger partial charge in [-0.3, -0.25) is 0 Å². The van der Waals surface area contributed by atoms with E-state index in [-0.39, 0.29) is 12.0 Å². The molecule has 1 aliphatic heterocycles. The van der Waals surface area contributed by atoms with Crippen molar-refractivity contribution < 1.29 is 24.2 Å². The van der Waals surface area contributed by atoms with E-state index >= 15 is 0 Å². The minimum absolute atomic E-state index is 0.202. The van der Waals surface area contributed by atoms with Gasteiger partial charge in [-0.25, -0.2) is 14.4 Å². The Morgan fingerprint density at radius 3 is 2.10 bits per heavy atom. The summed E-state index contributed by atoms with van der Waals surface area (Å²) in [6.07, 6.45) is -0.386. The third-order valence-corrected chi connectivity index (χ3v) is 3.30. The van der Waals surface area contributed by atoms with E-state index < -0.39 is 18.0 Å². The summed E-state index contributed by atoms with van der Waals surface area (Å²) >= 11 is 0. The van der Waals surface area contributed by atoms with Crippen LogP contribution in [0.3, 0.4) is 0 Å². The van der Waals surface area contributed by atoms with Gasteiger partial charge in [0.25, 0.3) is 0 Å². The molecular weight excluding hydrogens is 278 g/mol. The first kappa shape index (κ1) is 17.1. The van der Waals surface area contributed by atoms with Crippen molar-refractivity contribution in [2.45, 2.75) is 26.8 Å². The molecule has 0 aromatic rings. The second-order valence-corrected chi connectivity index (χ2v) is 5.18. The van der Waals surface area contributed by atoms with Crippen molar-refractivity contribution in [3.05, 3.63) is 0 Å². The van der Waals surface area contributed by atoms with Crippen LogP contribution in [-0.2, 0) is 9.53 Å². The summed E-state index contributed by atoms with van der Waals surface area (Å²) in [5.41, 5.74) is 0. The van der Waals surface area contributed by atoms with Crippen LogP contribution < -0.4 is 5.32 Å². The Morgan fingerprint density at radius 2 is 1.67 bits per heavy atom. The molecule has 3 amide bonds. The zero-order chi connectivity index (χ0) is 16.0. The third-order valence-electron chi connectivity index (χ3n) is 3.30. The molecule has 1 atom stereocenters. The molecule has 1 aliphatic rings. The first-order valence-electron chi connectivity index (χ1n) is 7.06. The van der Waals surface area contributed by atoms with Gasteiger partial charge in [0.2, 0.25) is 0 Å². The molecule has 2 N–H and O–H groups in total. The van der Waals surface area contributed by atoms with Crippen LogP contribution in [0.1, 0.15) is 20.8 Å². The highest BCUT2D eigenvalue weighted by Crippen LogP contribution is 2.07. The highest BCUT2D eigenvalue weighted by atomic mass is 16.6. The van der Waals surface area contributed by atoms with E-state index in [0.717, 1.165) is 0 Å². The van der Waals surface area contributed by atoms with Gasteiger partial charge in [-0.1, -0.05) is 13.8 Å². The van der Waals surface area contributed by atoms with Crippen LogP contribution in [0.15, 0.2) is 0 Å². The summed E-state index contributed by atoms with van der Waals surface area (Å²) in [5.74, 6) is -1.25. The predicted octanol–water partition coefficient (Wildman–Crippen LogP) is 0.579. The summed E-state index contributed by atoms with van der Waals surface area (Å²) in [7, 11) is 0. The maximum absolute atomic E-state index is 12.0. The largest absolute Gasteiger partial charge is 0.480 e. The number of amides is 3. The Labute approximate surface area is 124 Å². The van der Waals surface area contributed by atoms with Crippen LogP contribution in [0.5, 0.6) is 0 Å². The van der Waals surface area contributed by atoms with Crippen LogP contribution in [0.2, 0.25) is 0 Å². The number of aliphatic carboxylic acids is 1. The molecule has 0 aromatic heterocycles. The van der Waals surface area contributed by atoms with E-state index in [1.807, 2.05) is 0 Å². The number of rotatable bonds is 4. The number of urea groups is 1. The number of hydrogen-bond acceptors (Lipinski definition) is 4. The van der Waals surface area contributed by atoms with E-state index in [0.29, 0.717) is 32.8 Å². The molecule has 8 nitrogen and oxygen atoms in total. The predicted molar refractivity (Wildman–Crippen MR) is 75.0 cm³/mol. The fraction of sp³-hybridized carbons (Fsp3) is 0.769. The molecule has 0 aromatic carbocycles. The molecule has 0 aliphatic carbocycles.